The molecule has 0 aliphatic carbocycles. The Kier molecular flexibility index (Phi) is 4.24. The fourth-order valence-corrected chi connectivity index (χ4v) is 2.42. The number of likely N-dealkylation sites (tertiary alicyclic amines) is 1. The van der Waals surface area contributed by atoms with Crippen molar-refractivity contribution in [2.24, 2.45) is 11.8 Å². The Morgan fingerprint density at radius 3 is 2.28 bits per heavy atom. The van der Waals surface area contributed by atoms with Crippen LogP contribution in [0, 0.1) is 11.8 Å². The minimum absolute atomic E-state index is 0.0798. The van der Waals surface area contributed by atoms with Crippen LogP contribution >= 0.6 is 0 Å². The molecular weight excluding hydrogens is 234 g/mol. The highest BCUT2D eigenvalue weighted by Gasteiger charge is 2.41. The summed E-state index contributed by atoms with van der Waals surface area (Å²) in [5.41, 5.74) is -0.557. The summed E-state index contributed by atoms with van der Waals surface area (Å²) in [6.45, 7) is 9.66. The zero-order valence-electron chi connectivity index (χ0n) is 11.8. The van der Waals surface area contributed by atoms with Gasteiger partial charge in [0.05, 0.1) is 5.92 Å². The van der Waals surface area contributed by atoms with E-state index in [1.165, 1.54) is 4.90 Å². The average Bonchev–Trinajstić information content (AvgIpc) is 2.13. The summed E-state index contributed by atoms with van der Waals surface area (Å²) < 4.78 is 5.30. The summed E-state index contributed by atoms with van der Waals surface area (Å²) in [6, 6.07) is -0.332. The summed E-state index contributed by atoms with van der Waals surface area (Å²) in [6.07, 6.45) is 0.272. The molecule has 104 valence electrons. The van der Waals surface area contributed by atoms with E-state index < -0.39 is 23.6 Å². The molecule has 0 aromatic carbocycles. The van der Waals surface area contributed by atoms with Crippen molar-refractivity contribution in [2.45, 2.75) is 52.7 Å². The molecule has 0 bridgehead atoms. The lowest BCUT2D eigenvalue weighted by atomic mass is 9.81. The average molecular weight is 257 g/mol. The number of hydrogen-bond acceptors (Lipinski definition) is 3. The highest BCUT2D eigenvalue weighted by Crippen LogP contribution is 2.30. The second-order valence-corrected chi connectivity index (χ2v) is 6.04. The number of hydrogen-bond donors (Lipinski definition) is 1. The van der Waals surface area contributed by atoms with Gasteiger partial charge in [0.1, 0.15) is 5.60 Å². The van der Waals surface area contributed by atoms with E-state index in [0.717, 1.165) is 0 Å². The first-order valence-electron chi connectivity index (χ1n) is 6.36. The molecule has 0 aromatic rings. The normalized spacial score (nSPS) is 28.9. The number of carboxylic acid groups (broad SMARTS) is 1. The van der Waals surface area contributed by atoms with Gasteiger partial charge < -0.3 is 14.7 Å². The van der Waals surface area contributed by atoms with E-state index in [9.17, 15) is 14.7 Å². The Morgan fingerprint density at radius 1 is 1.28 bits per heavy atom. The molecule has 1 aliphatic rings. The lowest BCUT2D eigenvalue weighted by molar-refractivity contribution is -0.147. The summed E-state index contributed by atoms with van der Waals surface area (Å²) >= 11 is 0. The van der Waals surface area contributed by atoms with Crippen LogP contribution in [0.15, 0.2) is 0 Å². The van der Waals surface area contributed by atoms with Gasteiger partial charge in [-0.15, -0.1) is 0 Å². The monoisotopic (exact) mass is 257 g/mol. The standard InChI is InChI=1S/C13H23NO4/c1-8-6-7-14(9(2)10(8)11(15)16)12(17)18-13(3,4)5/h8-10H,6-7H2,1-5H3,(H,15,16)/t8-,9?,10?/m1/s1. The van der Waals surface area contributed by atoms with Gasteiger partial charge in [0.2, 0.25) is 0 Å². The largest absolute Gasteiger partial charge is 0.481 e. The number of nitrogens with zero attached hydrogens (tertiary/aromatic N) is 1. The second-order valence-electron chi connectivity index (χ2n) is 6.04. The molecule has 0 radical (unpaired) electrons. The second kappa shape index (κ2) is 5.16. The Bertz CT molecular complexity index is 334. The van der Waals surface area contributed by atoms with Crippen LogP contribution in [0.4, 0.5) is 4.79 Å². The maximum atomic E-state index is 12.0. The number of piperidine rings is 1. The Labute approximate surface area is 108 Å². The topological polar surface area (TPSA) is 66.8 Å². The van der Waals surface area contributed by atoms with Crippen LogP contribution in [0.3, 0.4) is 0 Å². The number of rotatable bonds is 1. The van der Waals surface area contributed by atoms with Gasteiger partial charge in [-0.25, -0.2) is 4.79 Å². The van der Waals surface area contributed by atoms with E-state index in [2.05, 4.69) is 0 Å². The van der Waals surface area contributed by atoms with Crippen LogP contribution in [0.25, 0.3) is 0 Å². The number of ether oxygens (including phenoxy) is 1. The van der Waals surface area contributed by atoms with Crippen LogP contribution in [0.5, 0.6) is 0 Å². The zero-order chi connectivity index (χ0) is 14.1. The third kappa shape index (κ3) is 3.37. The van der Waals surface area contributed by atoms with Gasteiger partial charge in [0.15, 0.2) is 0 Å². The molecule has 18 heavy (non-hydrogen) atoms. The maximum absolute atomic E-state index is 12.0. The van der Waals surface area contributed by atoms with Crippen LogP contribution < -0.4 is 0 Å². The molecule has 1 heterocycles. The van der Waals surface area contributed by atoms with Crippen LogP contribution in [0.2, 0.25) is 0 Å². The molecule has 1 aliphatic heterocycles. The van der Waals surface area contributed by atoms with Gasteiger partial charge in [-0.1, -0.05) is 6.92 Å². The van der Waals surface area contributed by atoms with Crippen molar-refractivity contribution < 1.29 is 19.4 Å². The minimum atomic E-state index is -0.844. The molecule has 5 nitrogen and oxygen atoms in total. The fraction of sp³-hybridized carbons (Fsp3) is 0.846. The predicted octanol–water partition coefficient (Wildman–Crippen LogP) is 2.35. The van der Waals surface area contributed by atoms with Gasteiger partial charge in [-0.05, 0) is 40.0 Å². The van der Waals surface area contributed by atoms with E-state index in [0.29, 0.717) is 13.0 Å². The van der Waals surface area contributed by atoms with E-state index in [1.54, 1.807) is 27.7 Å². The number of carbonyl (C=O) groups is 2. The number of carbonyl (C=O) groups excluding carboxylic acids is 1. The van der Waals surface area contributed by atoms with Gasteiger partial charge >= 0.3 is 12.1 Å². The van der Waals surface area contributed by atoms with E-state index in [4.69, 9.17) is 4.74 Å². The first-order valence-corrected chi connectivity index (χ1v) is 6.36. The van der Waals surface area contributed by atoms with Crippen molar-refractivity contribution in [3.63, 3.8) is 0 Å². The van der Waals surface area contributed by atoms with E-state index in [1.807, 2.05) is 6.92 Å². The molecular formula is C13H23NO4. The summed E-state index contributed by atoms with van der Waals surface area (Å²) in [5, 5.41) is 9.23. The fourth-order valence-electron chi connectivity index (χ4n) is 2.42. The SMILES string of the molecule is CC1C(C(=O)O)[C@H](C)CCN1C(=O)OC(C)(C)C. The lowest BCUT2D eigenvalue weighted by Gasteiger charge is -2.41. The Hall–Kier alpha value is -1.26. The molecule has 2 unspecified atom stereocenters. The molecule has 1 fully saturated rings. The molecule has 0 aromatic heterocycles. The molecule has 1 rings (SSSR count). The number of amides is 1. The van der Waals surface area contributed by atoms with Crippen LogP contribution in [-0.4, -0.2) is 40.3 Å². The van der Waals surface area contributed by atoms with Crippen LogP contribution in [0.1, 0.15) is 41.0 Å². The predicted molar refractivity (Wildman–Crippen MR) is 67.3 cm³/mol. The number of aliphatic carboxylic acids is 1. The third-order valence-corrected chi connectivity index (χ3v) is 3.36. The zero-order valence-corrected chi connectivity index (χ0v) is 11.8. The summed E-state index contributed by atoms with van der Waals surface area (Å²) in [4.78, 5) is 24.8. The summed E-state index contributed by atoms with van der Waals surface area (Å²) in [7, 11) is 0. The Balaban J connectivity index is 2.79. The van der Waals surface area contributed by atoms with Gasteiger partial charge in [0, 0.05) is 12.6 Å². The quantitative estimate of drug-likeness (QED) is 0.783. The van der Waals surface area contributed by atoms with E-state index >= 15 is 0 Å². The molecule has 0 saturated carbocycles. The van der Waals surface area contributed by atoms with Gasteiger partial charge in [0.25, 0.3) is 0 Å². The Morgan fingerprint density at radius 2 is 1.83 bits per heavy atom. The van der Waals surface area contributed by atoms with Crippen molar-refractivity contribution in [2.75, 3.05) is 6.54 Å². The van der Waals surface area contributed by atoms with Crippen molar-refractivity contribution in [1.29, 1.82) is 0 Å². The summed E-state index contributed by atoms with van der Waals surface area (Å²) in [5.74, 6) is -1.29. The molecule has 0 spiro atoms. The first-order chi connectivity index (χ1) is 8.13. The highest BCUT2D eigenvalue weighted by molar-refractivity contribution is 5.74. The van der Waals surface area contributed by atoms with E-state index in [-0.39, 0.29) is 12.0 Å². The molecule has 5 heteroatoms. The first kappa shape index (κ1) is 14.8. The third-order valence-electron chi connectivity index (χ3n) is 3.36. The number of carboxylic acids is 1. The highest BCUT2D eigenvalue weighted by atomic mass is 16.6. The van der Waals surface area contributed by atoms with Crippen molar-refractivity contribution in [3.8, 4) is 0 Å². The molecule has 3 atom stereocenters. The van der Waals surface area contributed by atoms with Crippen molar-refractivity contribution >= 4 is 12.1 Å². The van der Waals surface area contributed by atoms with Gasteiger partial charge in [-0.3, -0.25) is 4.79 Å². The molecule has 1 amide bonds. The molecule has 1 saturated heterocycles. The molecule has 1 N–H and O–H groups in total. The van der Waals surface area contributed by atoms with Crippen LogP contribution in [-0.2, 0) is 9.53 Å². The maximum Gasteiger partial charge on any atom is 0.410 e. The van der Waals surface area contributed by atoms with Gasteiger partial charge in [-0.2, -0.15) is 0 Å². The van der Waals surface area contributed by atoms with Crippen molar-refractivity contribution in [3.05, 3.63) is 0 Å². The van der Waals surface area contributed by atoms with Crippen molar-refractivity contribution in [1.82, 2.24) is 4.90 Å². The minimum Gasteiger partial charge on any atom is -0.481 e. The lowest BCUT2D eigenvalue weighted by Crippen LogP contribution is -2.53. The smallest absolute Gasteiger partial charge is 0.410 e.